The molecule has 6 nitrogen and oxygen atoms in total. The number of hydrogen-bond donors (Lipinski definition) is 2. The van der Waals surface area contributed by atoms with Gasteiger partial charge in [-0.25, -0.2) is 0 Å². The number of benzene rings is 2. The van der Waals surface area contributed by atoms with Crippen molar-refractivity contribution in [2.45, 2.75) is 38.3 Å². The molecule has 2 aromatic rings. The van der Waals surface area contributed by atoms with Gasteiger partial charge in [-0.3, -0.25) is 14.4 Å². The summed E-state index contributed by atoms with van der Waals surface area (Å²) in [6.07, 6.45) is 1.62. The minimum absolute atomic E-state index is 0.0235. The number of amides is 3. The van der Waals surface area contributed by atoms with Crippen LogP contribution in [0.3, 0.4) is 0 Å². The lowest BCUT2D eigenvalue weighted by Crippen LogP contribution is -2.46. The van der Waals surface area contributed by atoms with E-state index < -0.39 is 6.04 Å². The van der Waals surface area contributed by atoms with Crippen molar-refractivity contribution >= 4 is 29.3 Å². The second-order valence-corrected chi connectivity index (χ2v) is 7.88. The molecular formula is C23H26ClN3O3. The molecule has 0 aromatic heterocycles. The molecule has 1 saturated heterocycles. The van der Waals surface area contributed by atoms with E-state index in [0.29, 0.717) is 23.7 Å². The summed E-state index contributed by atoms with van der Waals surface area (Å²) in [6.45, 7) is 2.68. The minimum Gasteiger partial charge on any atom is -0.353 e. The van der Waals surface area contributed by atoms with Crippen LogP contribution in [0.1, 0.15) is 48.1 Å². The highest BCUT2D eigenvalue weighted by Gasteiger charge is 2.27. The van der Waals surface area contributed by atoms with E-state index in [1.165, 1.54) is 6.92 Å². The fourth-order valence-electron chi connectivity index (χ4n) is 3.68. The van der Waals surface area contributed by atoms with Crippen LogP contribution in [0.5, 0.6) is 0 Å². The number of likely N-dealkylation sites (tertiary alicyclic amines) is 1. The van der Waals surface area contributed by atoms with Gasteiger partial charge in [-0.15, -0.1) is 0 Å². The summed E-state index contributed by atoms with van der Waals surface area (Å²) in [7, 11) is 0. The van der Waals surface area contributed by atoms with E-state index in [0.717, 1.165) is 18.4 Å². The first kappa shape index (κ1) is 21.8. The highest BCUT2D eigenvalue weighted by atomic mass is 35.5. The summed E-state index contributed by atoms with van der Waals surface area (Å²) in [5.74, 6) is -0.387. The average molecular weight is 428 g/mol. The molecule has 0 spiro atoms. The van der Waals surface area contributed by atoms with Crippen LogP contribution < -0.4 is 10.6 Å². The molecule has 1 fully saturated rings. The molecule has 2 N–H and O–H groups in total. The number of hydrogen-bond acceptors (Lipinski definition) is 3. The second kappa shape index (κ2) is 10.3. The van der Waals surface area contributed by atoms with Gasteiger partial charge >= 0.3 is 0 Å². The number of piperidine rings is 1. The first-order valence-corrected chi connectivity index (χ1v) is 10.5. The van der Waals surface area contributed by atoms with E-state index in [2.05, 4.69) is 10.6 Å². The molecule has 158 valence electrons. The predicted octanol–water partition coefficient (Wildman–Crippen LogP) is 3.33. The molecule has 0 radical (unpaired) electrons. The zero-order valence-corrected chi connectivity index (χ0v) is 17.7. The first-order valence-electron chi connectivity index (χ1n) is 10.1. The molecule has 1 aliphatic rings. The van der Waals surface area contributed by atoms with Gasteiger partial charge in [0.2, 0.25) is 11.8 Å². The maximum atomic E-state index is 13.0. The van der Waals surface area contributed by atoms with Crippen LogP contribution in [0.15, 0.2) is 54.6 Å². The van der Waals surface area contributed by atoms with E-state index in [9.17, 15) is 14.4 Å². The summed E-state index contributed by atoms with van der Waals surface area (Å²) >= 11 is 6.16. The van der Waals surface area contributed by atoms with E-state index in [-0.39, 0.29) is 30.2 Å². The molecule has 7 heteroatoms. The van der Waals surface area contributed by atoms with Crippen LogP contribution in [0.2, 0.25) is 5.02 Å². The SMILES string of the molecule is CC(=O)NC1CCN(C(=O)CC(NC(=O)c2ccccc2Cl)c2ccccc2)CC1. The third kappa shape index (κ3) is 5.83. The van der Waals surface area contributed by atoms with Gasteiger partial charge in [-0.1, -0.05) is 54.1 Å². The Kier molecular flexibility index (Phi) is 7.46. The Hall–Kier alpha value is -2.86. The normalized spacial score (nSPS) is 15.3. The van der Waals surface area contributed by atoms with Gasteiger partial charge in [-0.2, -0.15) is 0 Å². The monoisotopic (exact) mass is 427 g/mol. The van der Waals surface area contributed by atoms with Gasteiger partial charge in [-0.05, 0) is 30.5 Å². The number of halogens is 1. The van der Waals surface area contributed by atoms with Crippen LogP contribution in [-0.4, -0.2) is 41.8 Å². The molecule has 1 heterocycles. The smallest absolute Gasteiger partial charge is 0.253 e. The largest absolute Gasteiger partial charge is 0.353 e. The third-order valence-electron chi connectivity index (χ3n) is 5.26. The van der Waals surface area contributed by atoms with Crippen molar-refractivity contribution in [3.05, 3.63) is 70.7 Å². The van der Waals surface area contributed by atoms with Gasteiger partial charge in [0.25, 0.3) is 5.91 Å². The fourth-order valence-corrected chi connectivity index (χ4v) is 3.90. The fraction of sp³-hybridized carbons (Fsp3) is 0.348. The molecule has 0 bridgehead atoms. The van der Waals surface area contributed by atoms with Gasteiger partial charge in [0.15, 0.2) is 0 Å². The lowest BCUT2D eigenvalue weighted by molar-refractivity contribution is -0.132. The van der Waals surface area contributed by atoms with E-state index >= 15 is 0 Å². The standard InChI is InChI=1S/C23H26ClN3O3/c1-16(28)25-18-11-13-27(14-12-18)22(29)15-21(17-7-3-2-4-8-17)26-23(30)19-9-5-6-10-20(19)24/h2-10,18,21H,11-15H2,1H3,(H,25,28)(H,26,30). The molecular weight excluding hydrogens is 402 g/mol. The third-order valence-corrected chi connectivity index (χ3v) is 5.59. The predicted molar refractivity (Wildman–Crippen MR) is 116 cm³/mol. The number of carbonyl (C=O) groups is 3. The highest BCUT2D eigenvalue weighted by molar-refractivity contribution is 6.33. The lowest BCUT2D eigenvalue weighted by Gasteiger charge is -2.33. The Morgan fingerprint density at radius 3 is 2.30 bits per heavy atom. The van der Waals surface area contributed by atoms with Crippen molar-refractivity contribution < 1.29 is 14.4 Å². The van der Waals surface area contributed by atoms with E-state index in [1.807, 2.05) is 30.3 Å². The Bertz CT molecular complexity index is 896. The molecule has 0 aliphatic carbocycles. The zero-order chi connectivity index (χ0) is 21.5. The molecule has 1 unspecified atom stereocenters. The van der Waals surface area contributed by atoms with Crippen LogP contribution in [0.25, 0.3) is 0 Å². The van der Waals surface area contributed by atoms with Gasteiger partial charge < -0.3 is 15.5 Å². The van der Waals surface area contributed by atoms with Gasteiger partial charge in [0.1, 0.15) is 0 Å². The second-order valence-electron chi connectivity index (χ2n) is 7.48. The van der Waals surface area contributed by atoms with Crippen LogP contribution >= 0.6 is 11.6 Å². The van der Waals surface area contributed by atoms with Crippen molar-refractivity contribution in [1.29, 1.82) is 0 Å². The summed E-state index contributed by atoms with van der Waals surface area (Å²) in [5, 5.41) is 6.25. The number of rotatable bonds is 6. The van der Waals surface area contributed by atoms with Gasteiger partial charge in [0, 0.05) is 26.1 Å². The van der Waals surface area contributed by atoms with Crippen molar-refractivity contribution in [2.24, 2.45) is 0 Å². The average Bonchev–Trinajstić information content (AvgIpc) is 2.74. The Morgan fingerprint density at radius 2 is 1.67 bits per heavy atom. The summed E-state index contributed by atoms with van der Waals surface area (Å²) in [4.78, 5) is 38.8. The Morgan fingerprint density at radius 1 is 1.03 bits per heavy atom. The summed E-state index contributed by atoms with van der Waals surface area (Å²) in [6, 6.07) is 15.9. The van der Waals surface area contributed by atoms with Crippen molar-refractivity contribution in [1.82, 2.24) is 15.5 Å². The first-order chi connectivity index (χ1) is 14.4. The highest BCUT2D eigenvalue weighted by Crippen LogP contribution is 2.22. The number of nitrogens with one attached hydrogen (secondary N) is 2. The molecule has 30 heavy (non-hydrogen) atoms. The molecule has 1 aliphatic heterocycles. The zero-order valence-electron chi connectivity index (χ0n) is 16.9. The minimum atomic E-state index is -0.462. The van der Waals surface area contributed by atoms with Crippen molar-refractivity contribution in [3.8, 4) is 0 Å². The lowest BCUT2D eigenvalue weighted by atomic mass is 10.00. The summed E-state index contributed by atoms with van der Waals surface area (Å²) < 4.78 is 0. The molecule has 3 rings (SSSR count). The van der Waals surface area contributed by atoms with Gasteiger partial charge in [0.05, 0.1) is 23.0 Å². The number of carbonyl (C=O) groups excluding carboxylic acids is 3. The topological polar surface area (TPSA) is 78.5 Å². The van der Waals surface area contributed by atoms with Crippen LogP contribution in [0.4, 0.5) is 0 Å². The molecule has 3 amide bonds. The van der Waals surface area contributed by atoms with E-state index in [4.69, 9.17) is 11.6 Å². The maximum absolute atomic E-state index is 13.0. The molecule has 0 saturated carbocycles. The van der Waals surface area contributed by atoms with Crippen LogP contribution in [-0.2, 0) is 9.59 Å². The maximum Gasteiger partial charge on any atom is 0.253 e. The molecule has 2 aromatic carbocycles. The van der Waals surface area contributed by atoms with Crippen LogP contribution in [0, 0.1) is 0 Å². The summed E-state index contributed by atoms with van der Waals surface area (Å²) in [5.41, 5.74) is 1.24. The quantitative estimate of drug-likeness (QED) is 0.742. The van der Waals surface area contributed by atoms with Crippen molar-refractivity contribution in [3.63, 3.8) is 0 Å². The van der Waals surface area contributed by atoms with E-state index in [1.54, 1.807) is 29.2 Å². The Labute approximate surface area is 181 Å². The van der Waals surface area contributed by atoms with Crippen molar-refractivity contribution in [2.75, 3.05) is 13.1 Å². The number of nitrogens with zero attached hydrogens (tertiary/aromatic N) is 1. The molecule has 1 atom stereocenters. The Balaban J connectivity index is 1.68.